The van der Waals surface area contributed by atoms with Gasteiger partial charge in [-0.05, 0) is 87.3 Å². The summed E-state index contributed by atoms with van der Waals surface area (Å²) in [5.74, 6) is 1.55. The first-order valence-electron chi connectivity index (χ1n) is 12.8. The number of thiazole rings is 1. The third-order valence-electron chi connectivity index (χ3n) is 6.55. The summed E-state index contributed by atoms with van der Waals surface area (Å²) >= 11 is 9.99. The lowest BCUT2D eigenvalue weighted by atomic mass is 9.98. The molecule has 3 aromatic rings. The first-order valence-corrected chi connectivity index (χ1v) is 15.0. The molecular weight excluding hydrogens is 524 g/mol. The molecule has 0 saturated heterocycles. The van der Waals surface area contributed by atoms with Gasteiger partial charge in [0.1, 0.15) is 5.60 Å². The third-order valence-corrected chi connectivity index (χ3v) is 8.67. The van der Waals surface area contributed by atoms with Crippen LogP contribution in [-0.4, -0.2) is 46.2 Å². The number of carbonyl (C=O) groups excluding carboxylic acids is 1. The number of fused-ring (bicyclic) bond motifs is 1. The number of amides is 1. The van der Waals surface area contributed by atoms with Crippen LogP contribution in [-0.2, 0) is 23.3 Å². The van der Waals surface area contributed by atoms with Crippen LogP contribution >= 0.6 is 34.7 Å². The molecule has 1 N–H and O–H groups in total. The highest BCUT2D eigenvalue weighted by atomic mass is 35.5. The fourth-order valence-corrected chi connectivity index (χ4v) is 6.31. The van der Waals surface area contributed by atoms with Crippen molar-refractivity contribution in [2.75, 3.05) is 25.0 Å². The van der Waals surface area contributed by atoms with Crippen molar-refractivity contribution in [2.24, 2.45) is 5.92 Å². The largest absolute Gasteiger partial charge is 0.444 e. The van der Waals surface area contributed by atoms with E-state index in [0.717, 1.165) is 63.1 Å². The van der Waals surface area contributed by atoms with Gasteiger partial charge >= 0.3 is 6.09 Å². The van der Waals surface area contributed by atoms with E-state index in [1.165, 1.54) is 24.0 Å². The summed E-state index contributed by atoms with van der Waals surface area (Å²) in [6.45, 7) is 7.98. The SMILES string of the molecule is CC(C)(C)OC(=O)N1CCc2ccc(Cl)c(CSc3ccc(-c4csc(NCC5CC5)n4)cn3)c2CC1. The van der Waals surface area contributed by atoms with Crippen molar-refractivity contribution >= 4 is 45.9 Å². The number of ether oxygens (including phenoxy) is 1. The summed E-state index contributed by atoms with van der Waals surface area (Å²) in [7, 11) is 0. The smallest absolute Gasteiger partial charge is 0.410 e. The lowest BCUT2D eigenvalue weighted by Crippen LogP contribution is -2.38. The molecule has 0 spiro atoms. The Balaban J connectivity index is 1.22. The molecule has 196 valence electrons. The first kappa shape index (κ1) is 26.3. The van der Waals surface area contributed by atoms with Crippen molar-refractivity contribution < 1.29 is 9.53 Å². The second kappa shape index (κ2) is 11.2. The van der Waals surface area contributed by atoms with E-state index in [-0.39, 0.29) is 6.09 Å². The Hall–Kier alpha value is -2.29. The average molecular weight is 557 g/mol. The third kappa shape index (κ3) is 6.98. The second-order valence-electron chi connectivity index (χ2n) is 10.7. The van der Waals surface area contributed by atoms with Crippen LogP contribution in [0.2, 0.25) is 5.02 Å². The number of carbonyl (C=O) groups is 1. The number of anilines is 1. The van der Waals surface area contributed by atoms with Crippen LogP contribution in [0.3, 0.4) is 0 Å². The second-order valence-corrected chi connectivity index (χ2v) is 12.9. The summed E-state index contributed by atoms with van der Waals surface area (Å²) in [5, 5.41) is 8.21. The van der Waals surface area contributed by atoms with Crippen LogP contribution in [0.1, 0.15) is 50.3 Å². The minimum atomic E-state index is -0.501. The van der Waals surface area contributed by atoms with Gasteiger partial charge in [0.25, 0.3) is 0 Å². The van der Waals surface area contributed by atoms with Gasteiger partial charge in [-0.1, -0.05) is 17.7 Å². The summed E-state index contributed by atoms with van der Waals surface area (Å²) in [4.78, 5) is 23.8. The van der Waals surface area contributed by atoms with Crippen molar-refractivity contribution in [2.45, 2.75) is 62.8 Å². The summed E-state index contributed by atoms with van der Waals surface area (Å²) in [6.07, 6.45) is 5.86. The van der Waals surface area contributed by atoms with E-state index in [0.29, 0.717) is 13.1 Å². The van der Waals surface area contributed by atoms with Crippen molar-refractivity contribution in [3.05, 3.63) is 57.6 Å². The Morgan fingerprint density at radius 3 is 2.76 bits per heavy atom. The van der Waals surface area contributed by atoms with Gasteiger partial charge in [-0.15, -0.1) is 23.1 Å². The van der Waals surface area contributed by atoms with Crippen molar-refractivity contribution in [3.8, 4) is 11.3 Å². The lowest BCUT2D eigenvalue weighted by Gasteiger charge is -2.26. The number of nitrogens with zero attached hydrogens (tertiary/aromatic N) is 3. The molecule has 1 aliphatic carbocycles. The van der Waals surface area contributed by atoms with Crippen molar-refractivity contribution in [1.82, 2.24) is 14.9 Å². The summed E-state index contributed by atoms with van der Waals surface area (Å²) in [5.41, 5.74) is 5.11. The predicted octanol–water partition coefficient (Wildman–Crippen LogP) is 7.31. The van der Waals surface area contributed by atoms with Crippen molar-refractivity contribution in [3.63, 3.8) is 0 Å². The van der Waals surface area contributed by atoms with E-state index in [1.807, 2.05) is 37.9 Å². The number of rotatable bonds is 7. The molecule has 6 nitrogen and oxygen atoms in total. The Kier molecular flexibility index (Phi) is 7.98. The predicted molar refractivity (Wildman–Crippen MR) is 153 cm³/mol. The molecule has 0 atom stereocenters. The lowest BCUT2D eigenvalue weighted by molar-refractivity contribution is 0.0258. The molecule has 1 aliphatic heterocycles. The number of thioether (sulfide) groups is 1. The molecule has 37 heavy (non-hydrogen) atoms. The standard InChI is InChI=1S/C28H33ClN4O2S2/c1-28(2,3)35-27(34)33-12-10-19-6-8-23(29)22(21(19)11-13-33)16-36-25-9-7-20(15-30-25)24-17-37-26(32-24)31-14-18-4-5-18/h6-9,15,17-18H,4-5,10-14,16H2,1-3H3,(H,31,32). The van der Waals surface area contributed by atoms with Gasteiger partial charge in [0.2, 0.25) is 0 Å². The number of halogens is 1. The van der Waals surface area contributed by atoms with Gasteiger partial charge in [0.15, 0.2) is 5.13 Å². The maximum absolute atomic E-state index is 12.6. The van der Waals surface area contributed by atoms with Crippen LogP contribution in [0.4, 0.5) is 9.93 Å². The van der Waals surface area contributed by atoms with E-state index in [1.54, 1.807) is 23.1 Å². The molecule has 0 unspecified atom stereocenters. The van der Waals surface area contributed by atoms with Crippen LogP contribution in [0.25, 0.3) is 11.3 Å². The fourth-order valence-electron chi connectivity index (χ4n) is 4.34. The number of hydrogen-bond acceptors (Lipinski definition) is 7. The molecule has 2 aromatic heterocycles. The number of pyridine rings is 1. The van der Waals surface area contributed by atoms with E-state index in [2.05, 4.69) is 33.9 Å². The van der Waals surface area contributed by atoms with Crippen molar-refractivity contribution in [1.29, 1.82) is 0 Å². The quantitative estimate of drug-likeness (QED) is 0.308. The van der Waals surface area contributed by atoms with Gasteiger partial charge in [-0.2, -0.15) is 0 Å². The number of nitrogens with one attached hydrogen (secondary N) is 1. The Morgan fingerprint density at radius 2 is 2.03 bits per heavy atom. The summed E-state index contributed by atoms with van der Waals surface area (Å²) in [6, 6.07) is 8.21. The molecule has 1 amide bonds. The maximum Gasteiger partial charge on any atom is 0.410 e. The highest BCUT2D eigenvalue weighted by Crippen LogP contribution is 2.34. The Labute approximate surface area is 232 Å². The van der Waals surface area contributed by atoms with Crippen LogP contribution < -0.4 is 5.32 Å². The Morgan fingerprint density at radius 1 is 1.22 bits per heavy atom. The molecule has 0 radical (unpaired) electrons. The highest BCUT2D eigenvalue weighted by Gasteiger charge is 2.26. The van der Waals surface area contributed by atoms with Gasteiger partial charge < -0.3 is 15.0 Å². The Bertz CT molecular complexity index is 1250. The summed E-state index contributed by atoms with van der Waals surface area (Å²) < 4.78 is 5.60. The zero-order valence-electron chi connectivity index (χ0n) is 21.6. The maximum atomic E-state index is 12.6. The normalized spacial score (nSPS) is 15.7. The van der Waals surface area contributed by atoms with Gasteiger partial charge in [-0.25, -0.2) is 14.8 Å². The minimum absolute atomic E-state index is 0.252. The number of aromatic nitrogens is 2. The van der Waals surface area contributed by atoms with Crippen LogP contribution in [0.15, 0.2) is 40.9 Å². The highest BCUT2D eigenvalue weighted by molar-refractivity contribution is 7.98. The molecule has 3 heterocycles. The molecule has 1 saturated carbocycles. The van der Waals surface area contributed by atoms with Gasteiger partial charge in [-0.3, -0.25) is 0 Å². The topological polar surface area (TPSA) is 67.3 Å². The van der Waals surface area contributed by atoms with Gasteiger partial charge in [0, 0.05) is 47.6 Å². The van der Waals surface area contributed by atoms with Gasteiger partial charge in [0.05, 0.1) is 10.7 Å². The molecule has 5 rings (SSSR count). The molecule has 1 aromatic carbocycles. The molecule has 0 bridgehead atoms. The molecule has 9 heteroatoms. The van der Waals surface area contributed by atoms with Crippen LogP contribution in [0, 0.1) is 5.92 Å². The monoisotopic (exact) mass is 556 g/mol. The zero-order valence-corrected chi connectivity index (χ0v) is 23.9. The van der Waals surface area contributed by atoms with E-state index in [9.17, 15) is 4.79 Å². The number of hydrogen-bond donors (Lipinski definition) is 1. The minimum Gasteiger partial charge on any atom is -0.444 e. The molecular formula is C28H33ClN4O2S2. The van der Waals surface area contributed by atoms with E-state index >= 15 is 0 Å². The molecule has 2 aliphatic rings. The van der Waals surface area contributed by atoms with E-state index in [4.69, 9.17) is 21.3 Å². The van der Waals surface area contributed by atoms with E-state index < -0.39 is 5.60 Å². The first-order chi connectivity index (χ1) is 17.7. The number of benzene rings is 1. The fraction of sp³-hybridized carbons (Fsp3) is 0.464. The van der Waals surface area contributed by atoms with Crippen LogP contribution in [0.5, 0.6) is 0 Å². The average Bonchev–Trinajstić information content (AvgIpc) is 3.61. The zero-order chi connectivity index (χ0) is 26.0. The molecule has 1 fully saturated rings.